The maximum atomic E-state index is 13.0. The number of aromatic nitrogens is 2. The second-order valence-electron chi connectivity index (χ2n) is 9.11. The number of carboxylic acids is 2. The van der Waals surface area contributed by atoms with Crippen LogP contribution in [0.2, 0.25) is 0 Å². The van der Waals surface area contributed by atoms with E-state index in [4.69, 9.17) is 30.9 Å². The lowest BCUT2D eigenvalue weighted by Gasteiger charge is -2.08. The van der Waals surface area contributed by atoms with Gasteiger partial charge < -0.3 is 30.6 Å². The van der Waals surface area contributed by atoms with Gasteiger partial charge in [0, 0.05) is 40.7 Å². The Labute approximate surface area is 257 Å². The Morgan fingerprint density at radius 1 is 0.978 bits per heavy atom. The predicted molar refractivity (Wildman–Crippen MR) is 150 cm³/mol. The van der Waals surface area contributed by atoms with Crippen molar-refractivity contribution in [2.75, 3.05) is 0 Å². The van der Waals surface area contributed by atoms with Crippen LogP contribution in [0.3, 0.4) is 0 Å². The molecule has 0 aliphatic carbocycles. The Hall–Kier alpha value is -5.85. The maximum absolute atomic E-state index is 13.0. The van der Waals surface area contributed by atoms with Gasteiger partial charge in [0.1, 0.15) is 24.5 Å². The number of nitrogens with zero attached hydrogens (tertiary/aromatic N) is 2. The van der Waals surface area contributed by atoms with Gasteiger partial charge in [-0.3, -0.25) is 10.2 Å². The topological polar surface area (TPSA) is 165 Å². The number of pyridine rings is 1. The number of fused-ring (bicyclic) bond motifs is 1. The van der Waals surface area contributed by atoms with Crippen molar-refractivity contribution in [1.29, 1.82) is 5.41 Å². The van der Waals surface area contributed by atoms with Crippen molar-refractivity contribution in [1.82, 2.24) is 9.88 Å². The number of amidine groups is 1. The van der Waals surface area contributed by atoms with Crippen LogP contribution in [0.25, 0.3) is 10.9 Å². The summed E-state index contributed by atoms with van der Waals surface area (Å²) in [6, 6.07) is 21.0. The minimum Gasteiger partial charge on any atom is -0.542 e. The summed E-state index contributed by atoms with van der Waals surface area (Å²) in [6.07, 6.45) is -6.37. The van der Waals surface area contributed by atoms with Gasteiger partial charge in [0.15, 0.2) is 12.4 Å². The van der Waals surface area contributed by atoms with Crippen molar-refractivity contribution >= 4 is 34.6 Å². The summed E-state index contributed by atoms with van der Waals surface area (Å²) in [6.45, 7) is 0.835. The quantitative estimate of drug-likeness (QED) is 0.0854. The summed E-state index contributed by atoms with van der Waals surface area (Å²) in [5, 5.41) is 27.4. The zero-order chi connectivity index (χ0) is 34.7. The van der Waals surface area contributed by atoms with Crippen LogP contribution in [0.1, 0.15) is 27.2 Å². The molecule has 0 aliphatic heterocycles. The first-order valence-corrected chi connectivity index (χ1v) is 12.7. The molecule has 1 amide bonds. The number of carbonyl (C=O) groups excluding carboxylic acids is 2. The number of nitrogen functional groups attached to an aromatic ring is 1. The van der Waals surface area contributed by atoms with E-state index < -0.39 is 24.3 Å². The minimum absolute atomic E-state index is 0.0309. The van der Waals surface area contributed by atoms with Crippen LogP contribution in [-0.2, 0) is 29.7 Å². The molecule has 16 heteroatoms. The Morgan fingerprint density at radius 3 is 2.02 bits per heavy atom. The highest BCUT2D eigenvalue weighted by Gasteiger charge is 2.38. The Bertz CT molecular complexity index is 1730. The molecule has 0 unspecified atom stereocenters. The number of alkyl halides is 6. The molecule has 2 aromatic carbocycles. The average Bonchev–Trinajstić information content (AvgIpc) is 3.35. The number of para-hydroxylation sites is 1. The van der Waals surface area contributed by atoms with E-state index in [1.807, 2.05) is 83.2 Å². The molecule has 5 N–H and O–H groups in total. The highest BCUT2D eigenvalue weighted by atomic mass is 19.4. The van der Waals surface area contributed by atoms with E-state index in [9.17, 15) is 31.1 Å². The highest BCUT2D eigenvalue weighted by Crippen LogP contribution is 2.20. The van der Waals surface area contributed by atoms with E-state index in [0.717, 1.165) is 22.0 Å². The lowest BCUT2D eigenvalue weighted by molar-refractivity contribution is -0.671. The maximum Gasteiger partial charge on any atom is 0.490 e. The molecule has 10 nitrogen and oxygen atoms in total. The first-order valence-electron chi connectivity index (χ1n) is 12.7. The van der Waals surface area contributed by atoms with Gasteiger partial charge in [0.2, 0.25) is 0 Å². The zero-order valence-electron chi connectivity index (χ0n) is 23.7. The largest absolute Gasteiger partial charge is 0.542 e. The lowest BCUT2D eigenvalue weighted by Crippen LogP contribution is -2.37. The second kappa shape index (κ2) is 15.7. The molecule has 2 aromatic heterocycles. The van der Waals surface area contributed by atoms with Crippen molar-refractivity contribution in [3.05, 3.63) is 102 Å². The van der Waals surface area contributed by atoms with Gasteiger partial charge in [-0.05, 0) is 29.8 Å². The summed E-state index contributed by atoms with van der Waals surface area (Å²) >= 11 is 0. The third-order valence-corrected chi connectivity index (χ3v) is 5.68. The smallest absolute Gasteiger partial charge is 0.490 e. The molecular weight excluding hydrogens is 624 g/mol. The van der Waals surface area contributed by atoms with E-state index in [2.05, 4.69) is 17.2 Å². The molecule has 4 rings (SSSR count). The first-order chi connectivity index (χ1) is 21.4. The van der Waals surface area contributed by atoms with Gasteiger partial charge in [0.05, 0.1) is 6.54 Å². The molecule has 0 aliphatic rings. The standard InChI is InChI=1S/C26H23N5O.2C2HF3O2/c1-30-15-12-20(13-16-30)18-29-26(32)24-17-22-6-2-3-7-23(22)31(24)14-4-5-19-8-10-21(11-9-19)25(27)28;2*3-2(4,5)1(6)7/h2-3,6-13,15-17H,14,18H2,1H3,(H3-,27,28,29,32);2*(H,6,7). The monoisotopic (exact) mass is 649 g/mol. The van der Waals surface area contributed by atoms with Crippen molar-refractivity contribution in [2.45, 2.75) is 25.4 Å². The Balaban J connectivity index is 0.000000440. The van der Waals surface area contributed by atoms with E-state index in [0.29, 0.717) is 24.3 Å². The lowest BCUT2D eigenvalue weighted by atomic mass is 10.1. The molecule has 0 fully saturated rings. The fourth-order valence-electron chi connectivity index (χ4n) is 3.45. The number of benzene rings is 2. The Kier molecular flexibility index (Phi) is 12.4. The van der Waals surface area contributed by atoms with Crippen LogP contribution >= 0.6 is 0 Å². The number of aliphatic carboxylic acids is 2. The average molecular weight is 650 g/mol. The SMILES string of the molecule is C[n+]1ccc(CNC(=O)c2cc3ccccc3n2CC#Cc2ccc(C(=N)N)cc2)cc1.O=C(O)C(F)(F)F.O=C([O-])C(F)(F)F. The van der Waals surface area contributed by atoms with E-state index in [1.54, 1.807) is 12.1 Å². The molecular formula is C30H25F6N5O5. The number of carboxylic acid groups (broad SMARTS) is 2. The Morgan fingerprint density at radius 2 is 1.52 bits per heavy atom. The van der Waals surface area contributed by atoms with Gasteiger partial charge in [-0.2, -0.15) is 26.3 Å². The van der Waals surface area contributed by atoms with Crippen molar-refractivity contribution < 1.29 is 55.5 Å². The molecule has 46 heavy (non-hydrogen) atoms. The third kappa shape index (κ3) is 11.3. The normalized spacial score (nSPS) is 10.7. The van der Waals surface area contributed by atoms with Crippen molar-refractivity contribution in [3.8, 4) is 11.8 Å². The van der Waals surface area contributed by atoms with Crippen LogP contribution < -0.4 is 20.7 Å². The number of hydrogen-bond donors (Lipinski definition) is 4. The van der Waals surface area contributed by atoms with Gasteiger partial charge >= 0.3 is 18.3 Å². The summed E-state index contributed by atoms with van der Waals surface area (Å²) in [7, 11) is 1.96. The summed E-state index contributed by atoms with van der Waals surface area (Å²) in [4.78, 5) is 30.7. The van der Waals surface area contributed by atoms with Gasteiger partial charge in [0.25, 0.3) is 5.91 Å². The summed E-state index contributed by atoms with van der Waals surface area (Å²) < 4.78 is 67.2. The number of nitrogens with two attached hydrogens (primary N) is 1. The van der Waals surface area contributed by atoms with Crippen molar-refractivity contribution in [2.24, 2.45) is 12.8 Å². The molecule has 0 saturated carbocycles. The molecule has 242 valence electrons. The fourth-order valence-corrected chi connectivity index (χ4v) is 3.45. The van der Waals surface area contributed by atoms with Gasteiger partial charge in [-0.1, -0.05) is 42.2 Å². The van der Waals surface area contributed by atoms with Crippen molar-refractivity contribution in [3.63, 3.8) is 0 Å². The number of nitrogens with one attached hydrogen (secondary N) is 2. The molecule has 0 spiro atoms. The third-order valence-electron chi connectivity index (χ3n) is 5.68. The van der Waals surface area contributed by atoms with Crippen LogP contribution in [0.4, 0.5) is 26.3 Å². The predicted octanol–water partition coefficient (Wildman–Crippen LogP) is 2.66. The highest BCUT2D eigenvalue weighted by molar-refractivity contribution is 5.99. The number of hydrogen-bond acceptors (Lipinski definition) is 5. The molecule has 0 bridgehead atoms. The van der Waals surface area contributed by atoms with Gasteiger partial charge in [-0.25, -0.2) is 9.36 Å². The van der Waals surface area contributed by atoms with E-state index in [-0.39, 0.29) is 11.7 Å². The van der Waals surface area contributed by atoms with Crippen LogP contribution in [0.15, 0.2) is 79.1 Å². The van der Waals surface area contributed by atoms with E-state index in [1.165, 1.54) is 0 Å². The molecule has 4 aromatic rings. The summed E-state index contributed by atoms with van der Waals surface area (Å²) in [5.41, 5.74) is 9.57. The number of halogens is 6. The van der Waals surface area contributed by atoms with Crippen LogP contribution in [-0.4, -0.2) is 45.7 Å². The number of amides is 1. The van der Waals surface area contributed by atoms with Crippen LogP contribution in [0.5, 0.6) is 0 Å². The van der Waals surface area contributed by atoms with E-state index >= 15 is 0 Å². The molecule has 0 saturated heterocycles. The number of carbonyl (C=O) groups is 3. The minimum atomic E-state index is -5.19. The second-order valence-corrected chi connectivity index (χ2v) is 9.11. The number of aryl methyl sites for hydroxylation is 1. The van der Waals surface area contributed by atoms with Crippen LogP contribution in [0, 0.1) is 17.3 Å². The number of rotatable bonds is 5. The molecule has 0 atom stereocenters. The molecule has 0 radical (unpaired) electrons. The summed E-state index contributed by atoms with van der Waals surface area (Å²) in [5.74, 6) is 0.422. The first kappa shape index (κ1) is 36.3. The van der Waals surface area contributed by atoms with Gasteiger partial charge in [-0.15, -0.1) is 0 Å². The molecule has 2 heterocycles. The fraction of sp³-hybridized carbons (Fsp3) is 0.167. The zero-order valence-corrected chi connectivity index (χ0v) is 23.7.